The van der Waals surface area contributed by atoms with Crippen molar-refractivity contribution in [1.29, 1.82) is 0 Å². The van der Waals surface area contributed by atoms with E-state index >= 15 is 0 Å². The van der Waals surface area contributed by atoms with Crippen molar-refractivity contribution in [3.05, 3.63) is 59.7 Å². The highest BCUT2D eigenvalue weighted by Gasteiger charge is 2.24. The van der Waals surface area contributed by atoms with Gasteiger partial charge in [0.2, 0.25) is 5.91 Å². The second kappa shape index (κ2) is 7.88. The number of nitrogens with one attached hydrogen (secondary N) is 1. The number of carbonyl (C=O) groups excluding carboxylic acids is 2. The number of carbonyl (C=O) groups is 2. The molecule has 1 saturated heterocycles. The van der Waals surface area contributed by atoms with Crippen LogP contribution in [0.2, 0.25) is 0 Å². The summed E-state index contributed by atoms with van der Waals surface area (Å²) in [7, 11) is 0. The molecule has 0 bridgehead atoms. The van der Waals surface area contributed by atoms with Crippen molar-refractivity contribution in [3.8, 4) is 0 Å². The molecular formula is C19H22N4O2. The minimum Gasteiger partial charge on any atom is -0.343 e. The van der Waals surface area contributed by atoms with Crippen LogP contribution in [0.25, 0.3) is 0 Å². The highest BCUT2D eigenvalue weighted by molar-refractivity contribution is 5.96. The van der Waals surface area contributed by atoms with Gasteiger partial charge in [0.1, 0.15) is 5.82 Å². The van der Waals surface area contributed by atoms with Crippen LogP contribution in [-0.2, 0) is 4.79 Å². The normalized spacial score (nSPS) is 15.0. The summed E-state index contributed by atoms with van der Waals surface area (Å²) in [4.78, 5) is 34.8. The van der Waals surface area contributed by atoms with Crippen molar-refractivity contribution in [3.63, 3.8) is 0 Å². The fraction of sp³-hybridized carbons (Fsp3) is 0.368. The van der Waals surface area contributed by atoms with Crippen molar-refractivity contribution in [2.24, 2.45) is 0 Å². The van der Waals surface area contributed by atoms with Crippen LogP contribution in [0, 0.1) is 6.92 Å². The molecule has 1 fully saturated rings. The third kappa shape index (κ3) is 4.41. The minimum absolute atomic E-state index is 0.0327. The molecule has 1 aliphatic heterocycles. The lowest BCUT2D eigenvalue weighted by Crippen LogP contribution is -2.43. The van der Waals surface area contributed by atoms with E-state index in [0.29, 0.717) is 24.6 Å². The van der Waals surface area contributed by atoms with Gasteiger partial charge in [-0.2, -0.15) is 0 Å². The standard InChI is InChI=1S/C19H22N4O2/c1-14-20-10-7-17(22-14)15-8-11-23(12-9-15)18(24)13-21-19(25)16-5-3-2-4-6-16/h2-7,10,15H,8-9,11-13H2,1H3,(H,21,25). The van der Waals surface area contributed by atoms with Gasteiger partial charge in [-0.1, -0.05) is 18.2 Å². The molecule has 130 valence electrons. The summed E-state index contributed by atoms with van der Waals surface area (Å²) in [5.74, 6) is 0.881. The molecule has 0 saturated carbocycles. The Morgan fingerprint density at radius 2 is 1.88 bits per heavy atom. The number of nitrogens with zero attached hydrogens (tertiary/aromatic N) is 3. The third-order valence-electron chi connectivity index (χ3n) is 4.50. The average molecular weight is 338 g/mol. The molecule has 0 atom stereocenters. The number of piperidine rings is 1. The van der Waals surface area contributed by atoms with E-state index in [9.17, 15) is 9.59 Å². The minimum atomic E-state index is -0.222. The SMILES string of the molecule is Cc1nccc(C2CCN(C(=O)CNC(=O)c3ccccc3)CC2)n1. The molecule has 1 aromatic carbocycles. The lowest BCUT2D eigenvalue weighted by molar-refractivity contribution is -0.131. The predicted octanol–water partition coefficient (Wildman–Crippen LogP) is 1.92. The monoisotopic (exact) mass is 338 g/mol. The molecule has 0 radical (unpaired) electrons. The van der Waals surface area contributed by atoms with Gasteiger partial charge in [0.25, 0.3) is 5.91 Å². The molecule has 1 aromatic heterocycles. The molecule has 0 aliphatic carbocycles. The van der Waals surface area contributed by atoms with Gasteiger partial charge in [0.05, 0.1) is 6.54 Å². The second-order valence-electron chi connectivity index (χ2n) is 6.23. The van der Waals surface area contributed by atoms with E-state index in [2.05, 4.69) is 15.3 Å². The molecule has 2 amide bonds. The van der Waals surface area contributed by atoms with Crippen LogP contribution in [-0.4, -0.2) is 46.3 Å². The van der Waals surface area contributed by atoms with Gasteiger partial charge in [-0.3, -0.25) is 9.59 Å². The van der Waals surface area contributed by atoms with Crippen LogP contribution in [0.5, 0.6) is 0 Å². The van der Waals surface area contributed by atoms with Crippen molar-refractivity contribution in [2.45, 2.75) is 25.7 Å². The van der Waals surface area contributed by atoms with Gasteiger partial charge in [0.15, 0.2) is 0 Å². The topological polar surface area (TPSA) is 75.2 Å². The van der Waals surface area contributed by atoms with Crippen LogP contribution < -0.4 is 5.32 Å². The molecule has 1 aliphatic rings. The van der Waals surface area contributed by atoms with Crippen LogP contribution in [0.4, 0.5) is 0 Å². The van der Waals surface area contributed by atoms with Crippen molar-refractivity contribution in [1.82, 2.24) is 20.2 Å². The summed E-state index contributed by atoms with van der Waals surface area (Å²) in [6.07, 6.45) is 3.55. The Hall–Kier alpha value is -2.76. The zero-order valence-corrected chi connectivity index (χ0v) is 14.3. The van der Waals surface area contributed by atoms with Crippen molar-refractivity contribution in [2.75, 3.05) is 19.6 Å². The number of hydrogen-bond acceptors (Lipinski definition) is 4. The number of likely N-dealkylation sites (tertiary alicyclic amines) is 1. The summed E-state index contributed by atoms with van der Waals surface area (Å²) in [5.41, 5.74) is 1.62. The highest BCUT2D eigenvalue weighted by Crippen LogP contribution is 2.26. The summed E-state index contributed by atoms with van der Waals surface area (Å²) in [6, 6.07) is 10.9. The summed E-state index contributed by atoms with van der Waals surface area (Å²) < 4.78 is 0. The maximum atomic E-state index is 12.3. The van der Waals surface area contributed by atoms with Gasteiger partial charge >= 0.3 is 0 Å². The molecule has 25 heavy (non-hydrogen) atoms. The van der Waals surface area contributed by atoms with Gasteiger partial charge in [-0.05, 0) is 38.0 Å². The predicted molar refractivity (Wildman–Crippen MR) is 94.1 cm³/mol. The van der Waals surface area contributed by atoms with E-state index in [4.69, 9.17) is 0 Å². The second-order valence-corrected chi connectivity index (χ2v) is 6.23. The summed E-state index contributed by atoms with van der Waals surface area (Å²) in [5, 5.41) is 2.70. The first kappa shape index (κ1) is 17.1. The van der Waals surface area contributed by atoms with Gasteiger partial charge in [-0.25, -0.2) is 9.97 Å². The zero-order valence-electron chi connectivity index (χ0n) is 14.3. The Morgan fingerprint density at radius 1 is 1.16 bits per heavy atom. The molecule has 3 rings (SSSR count). The number of rotatable bonds is 4. The van der Waals surface area contributed by atoms with Crippen molar-refractivity contribution >= 4 is 11.8 Å². The van der Waals surface area contributed by atoms with E-state index in [-0.39, 0.29) is 18.4 Å². The Labute approximate surface area is 147 Å². The van der Waals surface area contributed by atoms with E-state index in [0.717, 1.165) is 24.4 Å². The highest BCUT2D eigenvalue weighted by atomic mass is 16.2. The molecule has 2 aromatic rings. The summed E-state index contributed by atoms with van der Waals surface area (Å²) in [6.45, 7) is 3.30. The Bertz CT molecular complexity index is 740. The maximum Gasteiger partial charge on any atom is 0.251 e. The first-order valence-electron chi connectivity index (χ1n) is 8.54. The maximum absolute atomic E-state index is 12.3. The van der Waals surface area contributed by atoms with Crippen LogP contribution in [0.15, 0.2) is 42.6 Å². The first-order chi connectivity index (χ1) is 12.1. The van der Waals surface area contributed by atoms with Crippen molar-refractivity contribution < 1.29 is 9.59 Å². The number of hydrogen-bond donors (Lipinski definition) is 1. The van der Waals surface area contributed by atoms with E-state index < -0.39 is 0 Å². The number of aryl methyl sites for hydroxylation is 1. The molecule has 6 heteroatoms. The van der Waals surface area contributed by atoms with Gasteiger partial charge in [0, 0.05) is 36.5 Å². The molecule has 0 unspecified atom stereocenters. The molecule has 2 heterocycles. The third-order valence-corrected chi connectivity index (χ3v) is 4.50. The molecular weight excluding hydrogens is 316 g/mol. The Kier molecular flexibility index (Phi) is 5.38. The molecule has 6 nitrogen and oxygen atoms in total. The van der Waals surface area contributed by atoms with E-state index in [1.807, 2.05) is 24.0 Å². The average Bonchev–Trinajstić information content (AvgIpc) is 2.66. The largest absolute Gasteiger partial charge is 0.343 e. The fourth-order valence-corrected chi connectivity index (χ4v) is 3.09. The van der Waals surface area contributed by atoms with Gasteiger partial charge < -0.3 is 10.2 Å². The number of amides is 2. The lowest BCUT2D eigenvalue weighted by Gasteiger charge is -2.31. The number of aromatic nitrogens is 2. The van der Waals surface area contributed by atoms with Crippen LogP contribution >= 0.6 is 0 Å². The Balaban J connectivity index is 1.48. The molecule has 1 N–H and O–H groups in total. The zero-order chi connectivity index (χ0) is 17.6. The van der Waals surface area contributed by atoms with E-state index in [1.54, 1.807) is 30.5 Å². The number of benzene rings is 1. The van der Waals surface area contributed by atoms with Crippen LogP contribution in [0.3, 0.4) is 0 Å². The molecule has 0 spiro atoms. The first-order valence-corrected chi connectivity index (χ1v) is 8.54. The smallest absolute Gasteiger partial charge is 0.251 e. The van der Waals surface area contributed by atoms with Gasteiger partial charge in [-0.15, -0.1) is 0 Å². The van der Waals surface area contributed by atoms with E-state index in [1.165, 1.54) is 0 Å². The summed E-state index contributed by atoms with van der Waals surface area (Å²) >= 11 is 0. The van der Waals surface area contributed by atoms with Crippen LogP contribution in [0.1, 0.15) is 40.6 Å². The fourth-order valence-electron chi connectivity index (χ4n) is 3.09. The Morgan fingerprint density at radius 3 is 2.56 bits per heavy atom. The quantitative estimate of drug-likeness (QED) is 0.924. The lowest BCUT2D eigenvalue weighted by atomic mass is 9.93.